The van der Waals surface area contributed by atoms with E-state index in [4.69, 9.17) is 4.74 Å². The Balaban J connectivity index is 1.87. The lowest BCUT2D eigenvalue weighted by Crippen LogP contribution is -2.50. The van der Waals surface area contributed by atoms with Crippen molar-refractivity contribution in [3.8, 4) is 0 Å². The molecule has 27 heavy (non-hydrogen) atoms. The Bertz CT molecular complexity index is 861. The molecule has 1 aliphatic rings. The van der Waals surface area contributed by atoms with E-state index in [-0.39, 0.29) is 30.1 Å². The number of quaternary nitrogens is 1. The smallest absolute Gasteiger partial charge is 0.445 e. The Hall–Kier alpha value is -1.12. The second-order valence-corrected chi connectivity index (χ2v) is 8.67. The summed E-state index contributed by atoms with van der Waals surface area (Å²) in [6, 6.07) is 4.74. The highest BCUT2D eigenvalue weighted by Crippen LogP contribution is 2.39. The molecule has 1 saturated heterocycles. The molecule has 2 aromatic rings. The van der Waals surface area contributed by atoms with Crippen molar-refractivity contribution in [2.75, 3.05) is 20.3 Å². The summed E-state index contributed by atoms with van der Waals surface area (Å²) < 4.78 is 43.6. The van der Waals surface area contributed by atoms with Gasteiger partial charge in [-0.1, -0.05) is 37.0 Å². The number of aromatic nitrogens is 2. The Morgan fingerprint density at radius 2 is 1.96 bits per heavy atom. The maximum absolute atomic E-state index is 13.2. The third-order valence-corrected chi connectivity index (χ3v) is 5.70. The van der Waals surface area contributed by atoms with Crippen molar-refractivity contribution in [1.29, 1.82) is 0 Å². The summed E-state index contributed by atoms with van der Waals surface area (Å²) in [7, 11) is 1.60. The van der Waals surface area contributed by atoms with E-state index in [1.54, 1.807) is 18.0 Å². The minimum Gasteiger partial charge on any atom is -0.622 e. The summed E-state index contributed by atoms with van der Waals surface area (Å²) in [6.45, 7) is -0.169. The van der Waals surface area contributed by atoms with Crippen molar-refractivity contribution < 1.29 is 22.7 Å². The molecule has 0 spiro atoms. The molecule has 0 N–H and O–H groups in total. The Morgan fingerprint density at radius 1 is 1.33 bits per heavy atom. The van der Waals surface area contributed by atoms with Gasteiger partial charge in [-0.2, -0.15) is 13.2 Å². The van der Waals surface area contributed by atoms with Crippen LogP contribution in [0.15, 0.2) is 27.1 Å². The van der Waals surface area contributed by atoms with Crippen molar-refractivity contribution in [3.05, 3.63) is 42.9 Å². The van der Waals surface area contributed by atoms with Crippen LogP contribution in [0.2, 0.25) is 0 Å². The summed E-state index contributed by atoms with van der Waals surface area (Å²) in [5, 5.41) is 18.0. The predicted octanol–water partition coefficient (Wildman–Crippen LogP) is 3.97. The Kier molecular flexibility index (Phi) is 5.62. The maximum atomic E-state index is 13.2. The second kappa shape index (κ2) is 7.37. The first-order valence-corrected chi connectivity index (χ1v) is 9.75. The lowest BCUT2D eigenvalue weighted by atomic mass is 10.2. The molecule has 1 fully saturated rings. The number of carbonyl (C=O) groups is 1. The number of benzene rings is 1. The molecule has 2 heterocycles. The zero-order valence-corrected chi connectivity index (χ0v) is 17.5. The SMILES string of the molecule is CN1CC(OC(=O)c2cc(Br)cc(Br)c2)[N+]([O-])(c2nnc(C(F)(F)F)s2)C1. The second-order valence-electron chi connectivity index (χ2n) is 5.88. The molecular formula is C14H11Br2F3N4O3S. The average Bonchev–Trinajstić information content (AvgIpc) is 3.12. The normalized spacial score (nSPS) is 23.6. The molecule has 1 aliphatic heterocycles. The van der Waals surface area contributed by atoms with Crippen molar-refractivity contribution in [3.63, 3.8) is 0 Å². The predicted molar refractivity (Wildman–Crippen MR) is 98.6 cm³/mol. The van der Waals surface area contributed by atoms with Crippen molar-refractivity contribution in [2.24, 2.45) is 0 Å². The molecular weight excluding hydrogens is 521 g/mol. The van der Waals surface area contributed by atoms with Gasteiger partial charge in [0.2, 0.25) is 5.01 Å². The topological polar surface area (TPSA) is 78.4 Å². The molecule has 0 amide bonds. The lowest BCUT2D eigenvalue weighted by Gasteiger charge is -2.38. The lowest BCUT2D eigenvalue weighted by molar-refractivity contribution is -0.138. The van der Waals surface area contributed by atoms with Crippen molar-refractivity contribution in [2.45, 2.75) is 12.4 Å². The van der Waals surface area contributed by atoms with Gasteiger partial charge in [-0.05, 0) is 36.6 Å². The van der Waals surface area contributed by atoms with Crippen molar-refractivity contribution in [1.82, 2.24) is 19.7 Å². The molecule has 3 rings (SSSR count). The van der Waals surface area contributed by atoms with Crippen LogP contribution >= 0.6 is 43.2 Å². The molecule has 1 aromatic heterocycles. The average molecular weight is 532 g/mol. The van der Waals surface area contributed by atoms with Crippen LogP contribution in [0.3, 0.4) is 0 Å². The van der Waals surface area contributed by atoms with Crippen LogP contribution in [0, 0.1) is 5.21 Å². The van der Waals surface area contributed by atoms with E-state index in [2.05, 4.69) is 42.1 Å². The first kappa shape index (κ1) is 20.6. The Labute approximate surface area is 172 Å². The van der Waals surface area contributed by atoms with Crippen LogP contribution in [-0.4, -0.2) is 47.6 Å². The van der Waals surface area contributed by atoms with Gasteiger partial charge in [0.1, 0.15) is 6.67 Å². The number of halogens is 5. The molecule has 0 saturated carbocycles. The van der Waals surface area contributed by atoms with Crippen LogP contribution in [0.4, 0.5) is 18.3 Å². The van der Waals surface area contributed by atoms with Crippen LogP contribution in [-0.2, 0) is 10.9 Å². The number of alkyl halides is 3. The number of hydroxylamine groups is 2. The molecule has 0 bridgehead atoms. The van der Waals surface area contributed by atoms with E-state index in [0.717, 1.165) is 0 Å². The van der Waals surface area contributed by atoms with Gasteiger partial charge in [0.15, 0.2) is 0 Å². The minimum atomic E-state index is -4.70. The molecule has 13 heteroatoms. The summed E-state index contributed by atoms with van der Waals surface area (Å²) in [6.07, 6.45) is -5.97. The highest BCUT2D eigenvalue weighted by molar-refractivity contribution is 9.11. The Morgan fingerprint density at radius 3 is 2.52 bits per heavy atom. The minimum absolute atomic E-state index is 0.0470. The van der Waals surface area contributed by atoms with Gasteiger partial charge in [0, 0.05) is 8.95 Å². The molecule has 0 aliphatic carbocycles. The fourth-order valence-electron chi connectivity index (χ4n) is 2.56. The largest absolute Gasteiger partial charge is 0.622 e. The number of carbonyl (C=O) groups excluding carboxylic acids is 1. The monoisotopic (exact) mass is 530 g/mol. The van der Waals surface area contributed by atoms with Gasteiger partial charge >= 0.3 is 17.3 Å². The van der Waals surface area contributed by atoms with E-state index < -0.39 is 33.2 Å². The molecule has 2 atom stereocenters. The summed E-state index contributed by atoms with van der Waals surface area (Å²) in [5.74, 6) is -0.767. The van der Waals surface area contributed by atoms with Crippen LogP contribution in [0.25, 0.3) is 0 Å². The van der Waals surface area contributed by atoms with E-state index in [1.165, 1.54) is 12.1 Å². The van der Waals surface area contributed by atoms with E-state index in [1.807, 2.05) is 0 Å². The number of esters is 1. The fourth-order valence-corrected chi connectivity index (χ4v) is 4.63. The van der Waals surface area contributed by atoms with Gasteiger partial charge in [-0.3, -0.25) is 4.65 Å². The first-order chi connectivity index (χ1) is 12.5. The molecule has 1 aromatic carbocycles. The number of hydrogen-bond acceptors (Lipinski definition) is 7. The number of likely N-dealkylation sites (N-methyl/N-ethyl adjacent to an activating group) is 1. The van der Waals surface area contributed by atoms with Crippen LogP contribution < -0.4 is 4.65 Å². The maximum Gasteiger partial charge on any atom is 0.445 e. The standard InChI is InChI=1S/C14H11Br2F3N4O3S/c1-22-5-10(26-11(24)7-2-8(15)4-9(16)3-7)23(25,6-22)13-21-20-12(27-13)14(17,18)19/h2-4,10H,5-6H2,1H3. The van der Waals surface area contributed by atoms with Crippen LogP contribution in [0.1, 0.15) is 15.4 Å². The van der Waals surface area contributed by atoms with Crippen LogP contribution in [0.5, 0.6) is 0 Å². The number of nitrogens with zero attached hydrogens (tertiary/aromatic N) is 4. The highest BCUT2D eigenvalue weighted by atomic mass is 79.9. The molecule has 2 unspecified atom stereocenters. The summed E-state index contributed by atoms with van der Waals surface area (Å²) in [5.41, 5.74) is 0.186. The van der Waals surface area contributed by atoms with E-state index >= 15 is 0 Å². The van der Waals surface area contributed by atoms with Gasteiger partial charge in [0.25, 0.3) is 6.23 Å². The quantitative estimate of drug-likeness (QED) is 0.339. The van der Waals surface area contributed by atoms with Gasteiger partial charge in [-0.15, -0.1) is 5.10 Å². The first-order valence-electron chi connectivity index (χ1n) is 7.34. The highest BCUT2D eigenvalue weighted by Gasteiger charge is 2.47. The molecule has 146 valence electrons. The summed E-state index contributed by atoms with van der Waals surface area (Å²) in [4.78, 5) is 14.0. The third kappa shape index (κ3) is 4.32. The van der Waals surface area contributed by atoms with Crippen molar-refractivity contribution >= 4 is 54.3 Å². The van der Waals surface area contributed by atoms with E-state index in [9.17, 15) is 23.2 Å². The molecule has 7 nitrogen and oxygen atoms in total. The zero-order valence-electron chi connectivity index (χ0n) is 13.5. The number of ether oxygens (including phenoxy) is 1. The molecule has 0 radical (unpaired) electrons. The number of hydrogen-bond donors (Lipinski definition) is 0. The summed E-state index contributed by atoms with van der Waals surface area (Å²) >= 11 is 6.65. The van der Waals surface area contributed by atoms with Gasteiger partial charge < -0.3 is 9.94 Å². The fraction of sp³-hybridized carbons (Fsp3) is 0.357. The zero-order chi connectivity index (χ0) is 20.0. The van der Waals surface area contributed by atoms with Gasteiger partial charge in [0.05, 0.1) is 12.1 Å². The van der Waals surface area contributed by atoms with E-state index in [0.29, 0.717) is 8.95 Å². The van der Waals surface area contributed by atoms with Gasteiger partial charge in [-0.25, -0.2) is 9.69 Å². The number of rotatable bonds is 3. The third-order valence-electron chi connectivity index (χ3n) is 3.71.